The van der Waals surface area contributed by atoms with E-state index in [1.54, 1.807) is 6.92 Å². The van der Waals surface area contributed by atoms with E-state index in [-0.39, 0.29) is 11.8 Å². The van der Waals surface area contributed by atoms with Gasteiger partial charge < -0.3 is 14.6 Å². The second kappa shape index (κ2) is 7.54. The average molecular weight is 427 g/mol. The molecule has 2 aliphatic heterocycles. The van der Waals surface area contributed by atoms with E-state index < -0.39 is 10.0 Å². The Morgan fingerprint density at radius 1 is 1.32 bits per heavy atom. The first-order valence-corrected chi connectivity index (χ1v) is 11.8. The van der Waals surface area contributed by atoms with Crippen LogP contribution in [0.1, 0.15) is 29.1 Å². The molecule has 2 aliphatic rings. The Balaban J connectivity index is 1.55. The van der Waals surface area contributed by atoms with Gasteiger partial charge in [0.05, 0.1) is 25.0 Å². The van der Waals surface area contributed by atoms with Gasteiger partial charge in [0, 0.05) is 23.9 Å². The van der Waals surface area contributed by atoms with Crippen molar-refractivity contribution >= 4 is 32.3 Å². The Labute approximate surface area is 167 Å². The average Bonchev–Trinajstić information content (AvgIpc) is 3.23. The van der Waals surface area contributed by atoms with E-state index in [2.05, 4.69) is 15.5 Å². The highest BCUT2D eigenvalue weighted by Gasteiger charge is 2.31. The molecule has 0 atom stereocenters. The minimum Gasteiger partial charge on any atom is -0.376 e. The third-order valence-corrected chi connectivity index (χ3v) is 7.52. The van der Waals surface area contributed by atoms with Crippen LogP contribution in [0.25, 0.3) is 11.5 Å². The van der Waals surface area contributed by atoms with Crippen LogP contribution < -0.4 is 5.32 Å². The number of aromatic nitrogens is 2. The fourth-order valence-electron chi connectivity index (χ4n) is 3.61. The van der Waals surface area contributed by atoms with Crippen molar-refractivity contribution in [3.8, 4) is 11.5 Å². The number of nitrogens with one attached hydrogen (secondary N) is 1. The van der Waals surface area contributed by atoms with Gasteiger partial charge >= 0.3 is 0 Å². The Morgan fingerprint density at radius 3 is 2.71 bits per heavy atom. The minimum atomic E-state index is -3.21. The fourth-order valence-corrected chi connectivity index (χ4v) is 5.66. The Morgan fingerprint density at radius 2 is 2.07 bits per heavy atom. The standard InChI is InChI=1S/C17H22N4O5S2/c1-10-18-16(26-20-10)14-12-5-8-25-9-13(12)27-17(14)19-15(22)11-3-6-21(7-4-11)28(2,23)24/h11H,3-9H2,1-2H3,(H,19,22). The van der Waals surface area contributed by atoms with Crippen molar-refractivity contribution < 1.29 is 22.5 Å². The van der Waals surface area contributed by atoms with Crippen LogP contribution in [0.5, 0.6) is 0 Å². The van der Waals surface area contributed by atoms with Crippen molar-refractivity contribution in [2.24, 2.45) is 5.92 Å². The number of nitrogens with zero attached hydrogens (tertiary/aromatic N) is 3. The van der Waals surface area contributed by atoms with E-state index in [9.17, 15) is 13.2 Å². The summed E-state index contributed by atoms with van der Waals surface area (Å²) < 4.78 is 35.7. The summed E-state index contributed by atoms with van der Waals surface area (Å²) in [5.74, 6) is 0.599. The van der Waals surface area contributed by atoms with Gasteiger partial charge in [-0.25, -0.2) is 12.7 Å². The molecule has 0 aromatic carbocycles. The summed E-state index contributed by atoms with van der Waals surface area (Å²) in [7, 11) is -3.21. The van der Waals surface area contributed by atoms with Crippen molar-refractivity contribution in [3.63, 3.8) is 0 Å². The minimum absolute atomic E-state index is 0.106. The van der Waals surface area contributed by atoms with Gasteiger partial charge in [-0.05, 0) is 31.7 Å². The van der Waals surface area contributed by atoms with E-state index >= 15 is 0 Å². The number of piperidine rings is 1. The van der Waals surface area contributed by atoms with Crippen LogP contribution in [-0.4, -0.2) is 54.7 Å². The number of ether oxygens (including phenoxy) is 1. The largest absolute Gasteiger partial charge is 0.376 e. The molecule has 1 N–H and O–H groups in total. The Kier molecular flexibility index (Phi) is 5.25. The van der Waals surface area contributed by atoms with Crippen LogP contribution >= 0.6 is 11.3 Å². The second-order valence-electron chi connectivity index (χ2n) is 7.08. The summed E-state index contributed by atoms with van der Waals surface area (Å²) in [6.07, 6.45) is 2.93. The first-order valence-electron chi connectivity index (χ1n) is 9.12. The molecule has 2 aromatic heterocycles. The van der Waals surface area contributed by atoms with Gasteiger partial charge in [0.2, 0.25) is 15.9 Å². The number of amides is 1. The lowest BCUT2D eigenvalue weighted by molar-refractivity contribution is -0.120. The molecule has 0 unspecified atom stereocenters. The van der Waals surface area contributed by atoms with Gasteiger partial charge in [-0.2, -0.15) is 4.98 Å². The maximum Gasteiger partial charge on any atom is 0.261 e. The third-order valence-electron chi connectivity index (χ3n) is 5.09. The molecule has 1 fully saturated rings. The summed E-state index contributed by atoms with van der Waals surface area (Å²) in [6, 6.07) is 0. The van der Waals surface area contributed by atoms with Crippen LogP contribution in [-0.2, 0) is 32.6 Å². The topological polar surface area (TPSA) is 115 Å². The molecule has 0 saturated carbocycles. The zero-order valence-electron chi connectivity index (χ0n) is 15.7. The summed E-state index contributed by atoms with van der Waals surface area (Å²) >= 11 is 1.47. The van der Waals surface area contributed by atoms with E-state index in [0.717, 1.165) is 22.4 Å². The zero-order chi connectivity index (χ0) is 19.9. The molecule has 1 saturated heterocycles. The maximum absolute atomic E-state index is 12.9. The van der Waals surface area contributed by atoms with Crippen LogP contribution in [0.15, 0.2) is 4.52 Å². The van der Waals surface area contributed by atoms with Crippen LogP contribution in [0.4, 0.5) is 5.00 Å². The number of anilines is 1. The predicted octanol–water partition coefficient (Wildman–Crippen LogP) is 1.79. The molecule has 0 bridgehead atoms. The van der Waals surface area contributed by atoms with Crippen LogP contribution in [0, 0.1) is 12.8 Å². The molecule has 0 radical (unpaired) electrons. The lowest BCUT2D eigenvalue weighted by atomic mass is 9.97. The lowest BCUT2D eigenvalue weighted by Gasteiger charge is -2.29. The normalized spacial score (nSPS) is 18.8. The van der Waals surface area contributed by atoms with E-state index in [0.29, 0.717) is 55.9 Å². The van der Waals surface area contributed by atoms with Gasteiger partial charge in [0.15, 0.2) is 5.82 Å². The lowest BCUT2D eigenvalue weighted by Crippen LogP contribution is -2.40. The number of hydrogen-bond donors (Lipinski definition) is 1. The number of carbonyl (C=O) groups excluding carboxylic acids is 1. The summed E-state index contributed by atoms with van der Waals surface area (Å²) in [5, 5.41) is 7.59. The van der Waals surface area contributed by atoms with Crippen molar-refractivity contribution in [1.29, 1.82) is 0 Å². The molecule has 0 aliphatic carbocycles. The van der Waals surface area contributed by atoms with Gasteiger partial charge in [-0.15, -0.1) is 11.3 Å². The highest BCUT2D eigenvalue weighted by Crippen LogP contribution is 2.42. The number of fused-ring (bicyclic) bond motifs is 1. The maximum atomic E-state index is 12.9. The van der Waals surface area contributed by atoms with Crippen LogP contribution in [0.2, 0.25) is 0 Å². The highest BCUT2D eigenvalue weighted by atomic mass is 32.2. The molecule has 9 nitrogen and oxygen atoms in total. The molecule has 11 heteroatoms. The molecule has 28 heavy (non-hydrogen) atoms. The monoisotopic (exact) mass is 426 g/mol. The molecular formula is C17H22N4O5S2. The fraction of sp³-hybridized carbons (Fsp3) is 0.588. The predicted molar refractivity (Wildman–Crippen MR) is 103 cm³/mol. The van der Waals surface area contributed by atoms with Crippen molar-refractivity contribution in [2.75, 3.05) is 31.3 Å². The molecule has 0 spiro atoms. The molecule has 4 rings (SSSR count). The number of aryl methyl sites for hydroxylation is 1. The second-order valence-corrected chi connectivity index (χ2v) is 10.2. The third kappa shape index (κ3) is 3.84. The number of thiophene rings is 1. The Hall–Kier alpha value is -1.82. The molecule has 152 valence electrons. The van der Waals surface area contributed by atoms with Crippen molar-refractivity contribution in [2.45, 2.75) is 32.8 Å². The first kappa shape index (κ1) is 19.5. The number of rotatable bonds is 4. The highest BCUT2D eigenvalue weighted by molar-refractivity contribution is 7.88. The van der Waals surface area contributed by atoms with Gasteiger partial charge in [-0.3, -0.25) is 4.79 Å². The molecular weight excluding hydrogens is 404 g/mol. The van der Waals surface area contributed by atoms with E-state index in [1.807, 2.05) is 0 Å². The Bertz CT molecular complexity index is 989. The summed E-state index contributed by atoms with van der Waals surface area (Å²) in [5.41, 5.74) is 1.87. The summed E-state index contributed by atoms with van der Waals surface area (Å²) in [6.45, 7) is 3.59. The van der Waals surface area contributed by atoms with Crippen molar-refractivity contribution in [1.82, 2.24) is 14.4 Å². The molecule has 1 amide bonds. The van der Waals surface area contributed by atoms with Crippen LogP contribution in [0.3, 0.4) is 0 Å². The quantitative estimate of drug-likeness (QED) is 0.792. The van der Waals surface area contributed by atoms with Gasteiger partial charge in [0.1, 0.15) is 5.00 Å². The summed E-state index contributed by atoms with van der Waals surface area (Å²) in [4.78, 5) is 18.3. The van der Waals surface area contributed by atoms with E-state index in [1.165, 1.54) is 21.9 Å². The first-order chi connectivity index (χ1) is 13.3. The van der Waals surface area contributed by atoms with E-state index in [4.69, 9.17) is 9.26 Å². The molecule has 2 aromatic rings. The number of sulfonamides is 1. The SMILES string of the molecule is Cc1noc(-c2c(NC(=O)C3CCN(S(C)(=O)=O)CC3)sc3c2CCOC3)n1. The zero-order valence-corrected chi connectivity index (χ0v) is 17.4. The van der Waals surface area contributed by atoms with Crippen molar-refractivity contribution in [3.05, 3.63) is 16.3 Å². The van der Waals surface area contributed by atoms with Gasteiger partial charge in [0.25, 0.3) is 5.89 Å². The van der Waals surface area contributed by atoms with Gasteiger partial charge in [-0.1, -0.05) is 5.16 Å². The number of hydrogen-bond acceptors (Lipinski definition) is 8. The smallest absolute Gasteiger partial charge is 0.261 e. The number of carbonyl (C=O) groups is 1. The molecule has 4 heterocycles.